The lowest BCUT2D eigenvalue weighted by molar-refractivity contribution is -0.115. The number of aryl methyl sites for hydroxylation is 3. The summed E-state index contributed by atoms with van der Waals surface area (Å²) in [5.41, 5.74) is 4.93. The Morgan fingerprint density at radius 2 is 1.92 bits per heavy atom. The topological polar surface area (TPSA) is 46.9 Å². The van der Waals surface area contributed by atoms with Crippen molar-refractivity contribution >= 4 is 11.6 Å². The van der Waals surface area contributed by atoms with Gasteiger partial charge in [-0.05, 0) is 37.0 Å². The van der Waals surface area contributed by atoms with Crippen LogP contribution in [0.25, 0.3) is 11.3 Å². The Morgan fingerprint density at radius 1 is 1.12 bits per heavy atom. The lowest BCUT2D eigenvalue weighted by Crippen LogP contribution is -2.15. The monoisotopic (exact) mass is 345 g/mol. The SMILES string of the molecule is Cc1ccccc1CC(=O)Nc1ccccc1-c1cn2c(n1)CCCC2. The summed E-state index contributed by atoms with van der Waals surface area (Å²) in [5.74, 6) is 1.14. The van der Waals surface area contributed by atoms with E-state index in [4.69, 9.17) is 4.98 Å². The molecule has 1 N–H and O–H groups in total. The Balaban J connectivity index is 1.57. The fourth-order valence-electron chi connectivity index (χ4n) is 3.53. The van der Waals surface area contributed by atoms with Crippen molar-refractivity contribution in [3.05, 3.63) is 71.7 Å². The number of hydrogen-bond acceptors (Lipinski definition) is 2. The van der Waals surface area contributed by atoms with Crippen molar-refractivity contribution < 1.29 is 4.79 Å². The number of anilines is 1. The summed E-state index contributed by atoms with van der Waals surface area (Å²) in [6, 6.07) is 15.9. The molecular formula is C22H23N3O. The number of amides is 1. The maximum absolute atomic E-state index is 12.6. The molecule has 0 saturated carbocycles. The molecule has 0 saturated heterocycles. The van der Waals surface area contributed by atoms with Gasteiger partial charge in [-0.1, -0.05) is 42.5 Å². The van der Waals surface area contributed by atoms with Crippen LogP contribution in [0.4, 0.5) is 5.69 Å². The van der Waals surface area contributed by atoms with E-state index < -0.39 is 0 Å². The summed E-state index contributed by atoms with van der Waals surface area (Å²) >= 11 is 0. The van der Waals surface area contributed by atoms with Gasteiger partial charge in [-0.15, -0.1) is 0 Å². The normalized spacial score (nSPS) is 13.3. The van der Waals surface area contributed by atoms with Gasteiger partial charge in [-0.2, -0.15) is 0 Å². The van der Waals surface area contributed by atoms with E-state index in [1.54, 1.807) is 0 Å². The number of carbonyl (C=O) groups is 1. The van der Waals surface area contributed by atoms with Gasteiger partial charge in [0.15, 0.2) is 0 Å². The van der Waals surface area contributed by atoms with Gasteiger partial charge in [-0.25, -0.2) is 4.98 Å². The molecule has 1 aliphatic rings. The smallest absolute Gasteiger partial charge is 0.228 e. The molecule has 3 aromatic rings. The highest BCUT2D eigenvalue weighted by Crippen LogP contribution is 2.29. The molecule has 1 amide bonds. The van der Waals surface area contributed by atoms with Crippen LogP contribution in [0.3, 0.4) is 0 Å². The van der Waals surface area contributed by atoms with Gasteiger partial charge >= 0.3 is 0 Å². The molecule has 4 rings (SSSR count). The first-order chi connectivity index (χ1) is 12.7. The Kier molecular flexibility index (Phi) is 4.57. The third kappa shape index (κ3) is 3.40. The second-order valence-corrected chi connectivity index (χ2v) is 6.89. The van der Waals surface area contributed by atoms with E-state index in [1.807, 2.05) is 55.5 Å². The molecule has 4 nitrogen and oxygen atoms in total. The third-order valence-electron chi connectivity index (χ3n) is 5.00. The molecule has 0 aliphatic carbocycles. The predicted molar refractivity (Wildman–Crippen MR) is 104 cm³/mol. The summed E-state index contributed by atoms with van der Waals surface area (Å²) in [4.78, 5) is 17.4. The number of nitrogens with zero attached hydrogens (tertiary/aromatic N) is 2. The average Bonchev–Trinajstić information content (AvgIpc) is 3.08. The summed E-state index contributed by atoms with van der Waals surface area (Å²) in [6.45, 7) is 3.07. The molecule has 0 atom stereocenters. The number of imidazole rings is 1. The fourth-order valence-corrected chi connectivity index (χ4v) is 3.53. The molecule has 0 unspecified atom stereocenters. The van der Waals surface area contributed by atoms with Gasteiger partial charge in [0.1, 0.15) is 5.82 Å². The first kappa shape index (κ1) is 16.6. The molecule has 132 valence electrons. The van der Waals surface area contributed by atoms with E-state index in [0.29, 0.717) is 6.42 Å². The number of aromatic nitrogens is 2. The van der Waals surface area contributed by atoms with Gasteiger partial charge in [0, 0.05) is 24.7 Å². The van der Waals surface area contributed by atoms with Crippen molar-refractivity contribution in [1.82, 2.24) is 9.55 Å². The van der Waals surface area contributed by atoms with Gasteiger partial charge in [0.05, 0.1) is 17.8 Å². The molecule has 0 bridgehead atoms. The number of benzene rings is 2. The van der Waals surface area contributed by atoms with E-state index in [9.17, 15) is 4.79 Å². The largest absolute Gasteiger partial charge is 0.334 e. The van der Waals surface area contributed by atoms with Crippen LogP contribution < -0.4 is 5.32 Å². The highest BCUT2D eigenvalue weighted by atomic mass is 16.1. The summed E-state index contributed by atoms with van der Waals surface area (Å²) in [5, 5.41) is 3.08. The minimum atomic E-state index is -0.00396. The molecule has 4 heteroatoms. The summed E-state index contributed by atoms with van der Waals surface area (Å²) in [7, 11) is 0. The first-order valence-corrected chi connectivity index (χ1v) is 9.20. The minimum absolute atomic E-state index is 0.00396. The van der Waals surface area contributed by atoms with Gasteiger partial charge < -0.3 is 9.88 Å². The van der Waals surface area contributed by atoms with Crippen molar-refractivity contribution in [2.45, 2.75) is 39.2 Å². The highest BCUT2D eigenvalue weighted by Gasteiger charge is 2.16. The number of para-hydroxylation sites is 1. The number of fused-ring (bicyclic) bond motifs is 1. The molecule has 0 radical (unpaired) electrons. The van der Waals surface area contributed by atoms with Crippen LogP contribution in [0.2, 0.25) is 0 Å². The maximum atomic E-state index is 12.6. The molecule has 0 fully saturated rings. The number of nitrogens with one attached hydrogen (secondary N) is 1. The van der Waals surface area contributed by atoms with E-state index >= 15 is 0 Å². The fraction of sp³-hybridized carbons (Fsp3) is 0.273. The van der Waals surface area contributed by atoms with Crippen LogP contribution in [0.1, 0.15) is 29.8 Å². The van der Waals surface area contributed by atoms with Gasteiger partial charge in [-0.3, -0.25) is 4.79 Å². The summed E-state index contributed by atoms with van der Waals surface area (Å²) in [6.07, 6.45) is 5.92. The maximum Gasteiger partial charge on any atom is 0.228 e. The second-order valence-electron chi connectivity index (χ2n) is 6.89. The number of hydrogen-bond donors (Lipinski definition) is 1. The zero-order chi connectivity index (χ0) is 17.9. The Morgan fingerprint density at radius 3 is 2.77 bits per heavy atom. The van der Waals surface area contributed by atoms with Gasteiger partial charge in [0.2, 0.25) is 5.91 Å². The van der Waals surface area contributed by atoms with Crippen molar-refractivity contribution in [3.63, 3.8) is 0 Å². The minimum Gasteiger partial charge on any atom is -0.334 e. The van der Waals surface area contributed by atoms with Crippen LogP contribution in [0.5, 0.6) is 0 Å². The number of carbonyl (C=O) groups excluding carboxylic acids is 1. The first-order valence-electron chi connectivity index (χ1n) is 9.20. The molecule has 2 heterocycles. The van der Waals surface area contributed by atoms with Crippen LogP contribution in [-0.4, -0.2) is 15.5 Å². The van der Waals surface area contributed by atoms with E-state index in [2.05, 4.69) is 16.1 Å². The van der Waals surface area contributed by atoms with Gasteiger partial charge in [0.25, 0.3) is 0 Å². The zero-order valence-electron chi connectivity index (χ0n) is 15.0. The van der Waals surface area contributed by atoms with Crippen molar-refractivity contribution in [1.29, 1.82) is 0 Å². The van der Waals surface area contributed by atoms with Crippen LogP contribution in [0, 0.1) is 6.92 Å². The highest BCUT2D eigenvalue weighted by molar-refractivity contribution is 5.96. The lowest BCUT2D eigenvalue weighted by atomic mass is 10.1. The quantitative estimate of drug-likeness (QED) is 0.763. The standard InChI is InChI=1S/C22H23N3O/c1-16-8-2-3-9-17(16)14-22(26)24-19-11-5-4-10-18(19)20-15-25-13-7-6-12-21(25)23-20/h2-5,8-11,15H,6-7,12-14H2,1H3,(H,24,26). The van der Waals surface area contributed by atoms with Crippen molar-refractivity contribution in [3.8, 4) is 11.3 Å². The van der Waals surface area contributed by atoms with Crippen molar-refractivity contribution in [2.75, 3.05) is 5.32 Å². The molecule has 26 heavy (non-hydrogen) atoms. The second kappa shape index (κ2) is 7.16. The van der Waals surface area contributed by atoms with E-state index in [0.717, 1.165) is 46.9 Å². The molecular weight excluding hydrogens is 322 g/mol. The van der Waals surface area contributed by atoms with E-state index in [1.165, 1.54) is 12.8 Å². The predicted octanol–water partition coefficient (Wildman–Crippen LogP) is 4.38. The Labute approximate surface area is 153 Å². The summed E-state index contributed by atoms with van der Waals surface area (Å²) < 4.78 is 2.24. The molecule has 2 aromatic carbocycles. The zero-order valence-corrected chi connectivity index (χ0v) is 15.0. The Hall–Kier alpha value is -2.88. The Bertz CT molecular complexity index is 919. The third-order valence-corrected chi connectivity index (χ3v) is 5.00. The van der Waals surface area contributed by atoms with Crippen LogP contribution in [0.15, 0.2) is 54.7 Å². The van der Waals surface area contributed by atoms with Crippen LogP contribution >= 0.6 is 0 Å². The molecule has 1 aromatic heterocycles. The molecule has 1 aliphatic heterocycles. The number of rotatable bonds is 4. The lowest BCUT2D eigenvalue weighted by Gasteiger charge is -2.11. The van der Waals surface area contributed by atoms with Crippen LogP contribution in [-0.2, 0) is 24.2 Å². The molecule has 0 spiro atoms. The van der Waals surface area contributed by atoms with E-state index in [-0.39, 0.29) is 5.91 Å². The van der Waals surface area contributed by atoms with Crippen molar-refractivity contribution in [2.24, 2.45) is 0 Å². The average molecular weight is 345 g/mol.